The number of amides is 3. The average molecular weight is 355 g/mol. The molecule has 0 aromatic carbocycles. The first-order chi connectivity index (χ1) is 12.0. The molecule has 3 amide bonds. The van der Waals surface area contributed by atoms with E-state index < -0.39 is 6.10 Å². The number of ether oxygens (including phenoxy) is 1. The molecule has 2 rings (SSSR count). The molecule has 1 saturated heterocycles. The lowest BCUT2D eigenvalue weighted by Gasteiger charge is -2.36. The summed E-state index contributed by atoms with van der Waals surface area (Å²) < 4.78 is 5.92. The third-order valence-electron chi connectivity index (χ3n) is 5.02. The van der Waals surface area contributed by atoms with E-state index in [1.807, 2.05) is 13.8 Å². The van der Waals surface area contributed by atoms with Crippen LogP contribution in [0.5, 0.6) is 0 Å². The predicted octanol–water partition coefficient (Wildman–Crippen LogP) is 1.30. The maximum absolute atomic E-state index is 12.0. The average Bonchev–Trinajstić information content (AvgIpc) is 3.09. The van der Waals surface area contributed by atoms with Crippen LogP contribution in [0.3, 0.4) is 0 Å². The number of aliphatic hydroxyl groups is 1. The van der Waals surface area contributed by atoms with Gasteiger partial charge in [-0.2, -0.15) is 0 Å². The number of carbonyl (C=O) groups is 2. The minimum Gasteiger partial charge on any atom is -0.394 e. The van der Waals surface area contributed by atoms with Crippen molar-refractivity contribution >= 4 is 11.9 Å². The van der Waals surface area contributed by atoms with E-state index in [9.17, 15) is 14.7 Å². The van der Waals surface area contributed by atoms with Crippen LogP contribution < -0.4 is 16.0 Å². The van der Waals surface area contributed by atoms with Gasteiger partial charge in [0.1, 0.15) is 6.10 Å². The van der Waals surface area contributed by atoms with Crippen LogP contribution in [0.4, 0.5) is 4.79 Å². The van der Waals surface area contributed by atoms with Gasteiger partial charge in [-0.1, -0.05) is 12.8 Å². The molecule has 2 fully saturated rings. The summed E-state index contributed by atoms with van der Waals surface area (Å²) in [6.07, 6.45) is 6.23. The van der Waals surface area contributed by atoms with Gasteiger partial charge in [0.15, 0.2) is 0 Å². The zero-order chi connectivity index (χ0) is 18.2. The van der Waals surface area contributed by atoms with Crippen molar-refractivity contribution in [1.29, 1.82) is 0 Å². The number of urea groups is 1. The van der Waals surface area contributed by atoms with Crippen molar-refractivity contribution in [3.05, 3.63) is 0 Å². The second kappa shape index (κ2) is 9.97. The van der Waals surface area contributed by atoms with Crippen LogP contribution in [0.1, 0.15) is 58.8 Å². The summed E-state index contributed by atoms with van der Waals surface area (Å²) in [4.78, 5) is 23.9. The molecule has 1 aliphatic heterocycles. The highest BCUT2D eigenvalue weighted by Gasteiger charge is 2.32. The van der Waals surface area contributed by atoms with Gasteiger partial charge < -0.3 is 25.8 Å². The van der Waals surface area contributed by atoms with Gasteiger partial charge in [0.05, 0.1) is 18.8 Å². The smallest absolute Gasteiger partial charge is 0.315 e. The minimum atomic E-state index is -0.401. The zero-order valence-electron chi connectivity index (χ0n) is 15.4. The highest BCUT2D eigenvalue weighted by Crippen LogP contribution is 2.25. The standard InChI is InChI=1S/C18H33N3O4/c1-12(2)20-18(24)21-15-8-7-14(25-16(15)11-22)9-10-19-17(23)13-5-3-4-6-13/h12-16,22H,3-11H2,1-2H3,(H,19,23)(H2,20,21,24)/t14-,15+,16-/m0/s1. The van der Waals surface area contributed by atoms with E-state index in [1.54, 1.807) is 0 Å². The number of rotatable bonds is 7. The number of carbonyl (C=O) groups excluding carboxylic acids is 2. The highest BCUT2D eigenvalue weighted by molar-refractivity contribution is 5.78. The van der Waals surface area contributed by atoms with Crippen LogP contribution >= 0.6 is 0 Å². The van der Waals surface area contributed by atoms with Crippen molar-refractivity contribution in [2.45, 2.75) is 83.1 Å². The maximum Gasteiger partial charge on any atom is 0.315 e. The van der Waals surface area contributed by atoms with Crippen molar-refractivity contribution in [2.24, 2.45) is 5.92 Å². The summed E-state index contributed by atoms with van der Waals surface area (Å²) >= 11 is 0. The molecule has 2 aliphatic rings. The Kier molecular flexibility index (Phi) is 7.96. The number of hydrogen-bond acceptors (Lipinski definition) is 4. The van der Waals surface area contributed by atoms with E-state index in [0.29, 0.717) is 6.54 Å². The van der Waals surface area contributed by atoms with Gasteiger partial charge in [0, 0.05) is 18.5 Å². The second-order valence-corrected chi connectivity index (χ2v) is 7.50. The molecule has 144 valence electrons. The largest absolute Gasteiger partial charge is 0.394 e. The third-order valence-corrected chi connectivity index (χ3v) is 5.02. The molecule has 0 bridgehead atoms. The molecule has 1 saturated carbocycles. The van der Waals surface area contributed by atoms with E-state index in [2.05, 4.69) is 16.0 Å². The fourth-order valence-electron chi connectivity index (χ4n) is 3.67. The monoisotopic (exact) mass is 355 g/mol. The number of nitrogens with one attached hydrogen (secondary N) is 3. The van der Waals surface area contributed by atoms with Crippen LogP contribution in [0, 0.1) is 5.92 Å². The lowest BCUT2D eigenvalue weighted by molar-refractivity contribution is -0.125. The molecular formula is C18H33N3O4. The third kappa shape index (κ3) is 6.47. The van der Waals surface area contributed by atoms with Crippen molar-refractivity contribution < 1.29 is 19.4 Å². The fourth-order valence-corrected chi connectivity index (χ4v) is 3.67. The molecule has 1 heterocycles. The van der Waals surface area contributed by atoms with Gasteiger partial charge in [-0.05, 0) is 46.0 Å². The molecule has 0 spiro atoms. The molecule has 0 unspecified atom stereocenters. The van der Waals surface area contributed by atoms with Gasteiger partial charge >= 0.3 is 6.03 Å². The topological polar surface area (TPSA) is 99.7 Å². The Morgan fingerprint density at radius 3 is 2.52 bits per heavy atom. The molecular weight excluding hydrogens is 322 g/mol. The lowest BCUT2D eigenvalue weighted by atomic mass is 9.97. The van der Waals surface area contributed by atoms with E-state index in [0.717, 1.165) is 44.9 Å². The predicted molar refractivity (Wildman–Crippen MR) is 95.2 cm³/mol. The molecule has 4 N–H and O–H groups in total. The maximum atomic E-state index is 12.0. The molecule has 3 atom stereocenters. The van der Waals surface area contributed by atoms with E-state index >= 15 is 0 Å². The van der Waals surface area contributed by atoms with E-state index in [4.69, 9.17) is 4.74 Å². The van der Waals surface area contributed by atoms with E-state index in [1.165, 1.54) is 0 Å². The van der Waals surface area contributed by atoms with Crippen molar-refractivity contribution in [3.8, 4) is 0 Å². The van der Waals surface area contributed by atoms with Crippen LogP contribution in [0.25, 0.3) is 0 Å². The molecule has 1 aliphatic carbocycles. The van der Waals surface area contributed by atoms with Crippen LogP contribution in [0.2, 0.25) is 0 Å². The first-order valence-corrected chi connectivity index (χ1v) is 9.60. The summed E-state index contributed by atoms with van der Waals surface area (Å²) in [6, 6.07) is -0.356. The number of aliphatic hydroxyl groups excluding tert-OH is 1. The summed E-state index contributed by atoms with van der Waals surface area (Å²) in [7, 11) is 0. The van der Waals surface area contributed by atoms with Gasteiger partial charge in [-0.3, -0.25) is 4.79 Å². The summed E-state index contributed by atoms with van der Waals surface area (Å²) in [5, 5.41) is 18.2. The van der Waals surface area contributed by atoms with Crippen molar-refractivity contribution in [2.75, 3.05) is 13.2 Å². The Morgan fingerprint density at radius 2 is 1.88 bits per heavy atom. The molecule has 0 radical (unpaired) electrons. The summed E-state index contributed by atoms with van der Waals surface area (Å²) in [5.74, 6) is 0.349. The van der Waals surface area contributed by atoms with Gasteiger partial charge in [0.25, 0.3) is 0 Å². The highest BCUT2D eigenvalue weighted by atomic mass is 16.5. The molecule has 7 heteroatoms. The van der Waals surface area contributed by atoms with Gasteiger partial charge in [-0.25, -0.2) is 4.79 Å². The van der Waals surface area contributed by atoms with E-state index in [-0.39, 0.29) is 42.7 Å². The Morgan fingerprint density at radius 1 is 1.16 bits per heavy atom. The molecule has 0 aromatic heterocycles. The molecule has 25 heavy (non-hydrogen) atoms. The summed E-state index contributed by atoms with van der Waals surface area (Å²) in [6.45, 7) is 4.27. The first kappa shape index (κ1) is 20.0. The Labute approximate surface area is 150 Å². The van der Waals surface area contributed by atoms with Crippen molar-refractivity contribution in [1.82, 2.24) is 16.0 Å². The van der Waals surface area contributed by atoms with Crippen LogP contribution in [0.15, 0.2) is 0 Å². The lowest BCUT2D eigenvalue weighted by Crippen LogP contribution is -2.54. The fraction of sp³-hybridized carbons (Fsp3) is 0.889. The Balaban J connectivity index is 1.69. The Hall–Kier alpha value is -1.34. The normalized spacial score (nSPS) is 27.3. The first-order valence-electron chi connectivity index (χ1n) is 9.60. The van der Waals surface area contributed by atoms with Crippen LogP contribution in [-0.2, 0) is 9.53 Å². The van der Waals surface area contributed by atoms with Gasteiger partial charge in [0.2, 0.25) is 5.91 Å². The Bertz CT molecular complexity index is 438. The second-order valence-electron chi connectivity index (χ2n) is 7.50. The summed E-state index contributed by atoms with van der Waals surface area (Å²) in [5.41, 5.74) is 0. The zero-order valence-corrected chi connectivity index (χ0v) is 15.4. The number of hydrogen-bond donors (Lipinski definition) is 4. The van der Waals surface area contributed by atoms with Crippen LogP contribution in [-0.4, -0.2) is 54.5 Å². The quantitative estimate of drug-likeness (QED) is 0.553. The minimum absolute atomic E-state index is 0.00670. The van der Waals surface area contributed by atoms with Crippen molar-refractivity contribution in [3.63, 3.8) is 0 Å². The molecule has 7 nitrogen and oxygen atoms in total. The molecule has 0 aromatic rings. The SMILES string of the molecule is CC(C)NC(=O)N[C@@H]1CC[C@@H](CCNC(=O)C2CCCC2)O[C@H]1CO. The van der Waals surface area contributed by atoms with Gasteiger partial charge in [-0.15, -0.1) is 0 Å².